The lowest BCUT2D eigenvalue weighted by Crippen LogP contribution is -2.64. The number of aliphatic hydroxyl groups excluding tert-OH is 7. The molecule has 3 saturated heterocycles. The van der Waals surface area contributed by atoms with Gasteiger partial charge < -0.3 is 80.8 Å². The number of nitrogens with one attached hydrogen (secondary N) is 4. The summed E-state index contributed by atoms with van der Waals surface area (Å²) < 4.78 is 21.9. The molecule has 0 aromatic heterocycles. The molecule has 0 aromatic carbocycles. The summed E-state index contributed by atoms with van der Waals surface area (Å²) in [4.78, 5) is 81.3. The van der Waals surface area contributed by atoms with Gasteiger partial charge in [-0.15, -0.1) is 5.06 Å². The van der Waals surface area contributed by atoms with Gasteiger partial charge in [-0.25, -0.2) is 4.79 Å². The van der Waals surface area contributed by atoms with Crippen LogP contribution in [0, 0.1) is 0 Å². The van der Waals surface area contributed by atoms with Crippen molar-refractivity contribution in [2.45, 2.75) is 158 Å². The van der Waals surface area contributed by atoms with Crippen LogP contribution in [-0.2, 0) is 52.6 Å². The van der Waals surface area contributed by atoms with Gasteiger partial charge in [0, 0.05) is 45.4 Å². The van der Waals surface area contributed by atoms with Gasteiger partial charge in [0.25, 0.3) is 5.91 Å². The first-order chi connectivity index (χ1) is 32.1. The van der Waals surface area contributed by atoms with Crippen molar-refractivity contribution in [3.63, 3.8) is 0 Å². The molecule has 384 valence electrons. The molecule has 6 unspecified atom stereocenters. The monoisotopic (exact) mass is 963 g/mol. The summed E-state index contributed by atoms with van der Waals surface area (Å²) in [5.41, 5.74) is 0.446. The van der Waals surface area contributed by atoms with Crippen LogP contribution in [0.25, 0.3) is 0 Å². The average molecular weight is 963 g/mol. The summed E-state index contributed by atoms with van der Waals surface area (Å²) in [6.45, 7) is 4.72. The molecule has 24 heteroatoms. The number of nitrogens with zero attached hydrogens (tertiary/aromatic N) is 2. The largest absolute Gasteiger partial charge is 0.394 e. The molecule has 3 rings (SSSR count). The van der Waals surface area contributed by atoms with Crippen LogP contribution in [0.15, 0.2) is 12.3 Å². The van der Waals surface area contributed by atoms with Crippen LogP contribution < -0.4 is 21.3 Å². The highest BCUT2D eigenvalue weighted by atomic mass is 16.7. The summed E-state index contributed by atoms with van der Waals surface area (Å²) >= 11 is 0. The Labute approximate surface area is 390 Å². The third kappa shape index (κ3) is 20.3. The van der Waals surface area contributed by atoms with Crippen molar-refractivity contribution in [3.8, 4) is 0 Å². The zero-order chi connectivity index (χ0) is 49.3. The van der Waals surface area contributed by atoms with Gasteiger partial charge in [0.1, 0.15) is 48.8 Å². The molecule has 3 fully saturated rings. The molecular formula is C43H74N6O18. The van der Waals surface area contributed by atoms with Crippen LogP contribution in [-0.4, -0.2) is 208 Å². The van der Waals surface area contributed by atoms with Gasteiger partial charge in [0.05, 0.1) is 45.2 Å². The van der Waals surface area contributed by atoms with Crippen LogP contribution in [0.3, 0.4) is 0 Å². The van der Waals surface area contributed by atoms with Crippen molar-refractivity contribution in [2.24, 2.45) is 0 Å². The van der Waals surface area contributed by atoms with Gasteiger partial charge in [-0.2, -0.15) is 0 Å². The van der Waals surface area contributed by atoms with Crippen LogP contribution >= 0.6 is 0 Å². The minimum Gasteiger partial charge on any atom is -0.394 e. The maximum atomic E-state index is 12.9. The SMILES string of the molecule is C=C1CCC(=O)N1OC(=O)CCCCCNC(=O)CN(CC(=O)NCCCCCC)CC(=O)NCCCCCC(=O)NCCO[C@H]1OC(CO)[C@@H](O)C(O[C@H]2OC(CO)[C@@H](O)C(O)C2O)C1O. The summed E-state index contributed by atoms with van der Waals surface area (Å²) in [7, 11) is 0. The first-order valence-corrected chi connectivity index (χ1v) is 23.3. The average Bonchev–Trinajstić information content (AvgIpc) is 3.61. The van der Waals surface area contributed by atoms with Crippen molar-refractivity contribution in [1.29, 1.82) is 0 Å². The summed E-state index contributed by atoms with van der Waals surface area (Å²) in [6.07, 6.45) is -7.79. The van der Waals surface area contributed by atoms with Crippen LogP contribution in [0.1, 0.15) is 96.8 Å². The fourth-order valence-electron chi connectivity index (χ4n) is 7.37. The number of hydrogen-bond acceptors (Lipinski definition) is 19. The molecule has 0 aliphatic carbocycles. The first kappa shape index (κ1) is 57.4. The standard InChI is InChI=1S/C43H74N6O18/c1-3-4-5-10-17-44-31(53)22-48(24-33(55)46-19-12-7-9-14-35(57)67-49-27(2)15-16-34(49)56)23-32(54)45-18-11-6-8-13-30(52)47-20-21-63-42-40(62)41(37(59)29(26-51)64-42)66-43-39(61)38(60)36(58)28(25-50)65-43/h28-29,36-43,50-51,58-62H,2-26H2,1H3,(H,44,53)(H,45,54)(H,46,55)(H,47,52)/t28?,29?,36-,37-,38?,39?,40?,41?,42+,43-/m1/s1. The number of hydrogen-bond donors (Lipinski definition) is 11. The first-order valence-electron chi connectivity index (χ1n) is 23.3. The molecular weight excluding hydrogens is 888 g/mol. The highest BCUT2D eigenvalue weighted by Crippen LogP contribution is 2.29. The van der Waals surface area contributed by atoms with Gasteiger partial charge in [0.2, 0.25) is 23.6 Å². The highest BCUT2D eigenvalue weighted by molar-refractivity contribution is 5.84. The highest BCUT2D eigenvalue weighted by Gasteiger charge is 2.51. The lowest BCUT2D eigenvalue weighted by molar-refractivity contribution is -0.360. The van der Waals surface area contributed by atoms with Crippen molar-refractivity contribution in [2.75, 3.05) is 65.6 Å². The predicted molar refractivity (Wildman–Crippen MR) is 233 cm³/mol. The normalized spacial score (nSPS) is 26.4. The van der Waals surface area contributed by atoms with E-state index in [1.807, 2.05) is 0 Å². The second kappa shape index (κ2) is 31.3. The second-order valence-electron chi connectivity index (χ2n) is 16.8. The Balaban J connectivity index is 1.32. The number of unbranched alkanes of at least 4 members (excludes halogenated alkanes) is 7. The minimum atomic E-state index is -1.82. The van der Waals surface area contributed by atoms with E-state index >= 15 is 0 Å². The van der Waals surface area contributed by atoms with Crippen molar-refractivity contribution in [1.82, 2.24) is 31.2 Å². The van der Waals surface area contributed by atoms with Crippen LogP contribution in [0.4, 0.5) is 0 Å². The topological polar surface area (TPSA) is 345 Å². The summed E-state index contributed by atoms with van der Waals surface area (Å²) in [5, 5.41) is 83.2. The van der Waals surface area contributed by atoms with Gasteiger partial charge in [-0.05, 0) is 38.5 Å². The molecule has 24 nitrogen and oxygen atoms in total. The number of ether oxygens (including phenoxy) is 4. The Morgan fingerprint density at radius 3 is 1.70 bits per heavy atom. The molecule has 3 heterocycles. The second-order valence-corrected chi connectivity index (χ2v) is 16.8. The van der Waals surface area contributed by atoms with E-state index in [2.05, 4.69) is 34.8 Å². The number of allylic oxidation sites excluding steroid dienone is 1. The van der Waals surface area contributed by atoms with E-state index < -0.39 is 80.6 Å². The molecule has 11 N–H and O–H groups in total. The van der Waals surface area contributed by atoms with Gasteiger partial charge in [0.15, 0.2) is 12.6 Å². The van der Waals surface area contributed by atoms with E-state index in [4.69, 9.17) is 23.8 Å². The molecule has 0 saturated carbocycles. The zero-order valence-electron chi connectivity index (χ0n) is 38.5. The Kier molecular flexibility index (Phi) is 26.8. The van der Waals surface area contributed by atoms with Crippen molar-refractivity contribution < 1.29 is 88.3 Å². The number of aliphatic hydroxyl groups is 7. The minimum absolute atomic E-state index is 0.00335. The number of hydroxylamine groups is 2. The number of rotatable bonds is 32. The fraction of sp³-hybridized carbons (Fsp3) is 0.814. The molecule has 5 amide bonds. The van der Waals surface area contributed by atoms with E-state index in [0.717, 1.165) is 30.7 Å². The van der Waals surface area contributed by atoms with Crippen LogP contribution in [0.5, 0.6) is 0 Å². The fourth-order valence-corrected chi connectivity index (χ4v) is 7.37. The smallest absolute Gasteiger partial charge is 0.333 e. The van der Waals surface area contributed by atoms with Crippen molar-refractivity contribution >= 4 is 35.5 Å². The lowest BCUT2D eigenvalue weighted by Gasteiger charge is -2.45. The third-order valence-electron chi connectivity index (χ3n) is 11.2. The Morgan fingerprint density at radius 2 is 1.16 bits per heavy atom. The van der Waals surface area contributed by atoms with Crippen molar-refractivity contribution in [3.05, 3.63) is 12.3 Å². The maximum Gasteiger partial charge on any atom is 0.333 e. The Hall–Kier alpha value is -3.92. The predicted octanol–water partition coefficient (Wildman–Crippen LogP) is -3.31. The number of amides is 5. The van der Waals surface area contributed by atoms with E-state index in [9.17, 15) is 64.5 Å². The molecule has 3 aliphatic heterocycles. The quantitative estimate of drug-likeness (QED) is 0.0294. The molecule has 67 heavy (non-hydrogen) atoms. The van der Waals surface area contributed by atoms with Crippen LogP contribution in [0.2, 0.25) is 0 Å². The summed E-state index contributed by atoms with van der Waals surface area (Å²) in [6, 6.07) is 0. The molecule has 0 aromatic rings. The van der Waals surface area contributed by atoms with Gasteiger partial charge in [-0.3, -0.25) is 28.9 Å². The molecule has 3 aliphatic rings. The summed E-state index contributed by atoms with van der Waals surface area (Å²) in [5.74, 6) is -2.21. The molecule has 0 radical (unpaired) electrons. The number of carbonyl (C=O) groups is 6. The van der Waals surface area contributed by atoms with Gasteiger partial charge in [-0.1, -0.05) is 45.6 Å². The number of carbonyl (C=O) groups excluding carboxylic acids is 6. The Bertz CT molecular complexity index is 1540. The van der Waals surface area contributed by atoms with E-state index in [-0.39, 0.29) is 81.6 Å². The zero-order valence-corrected chi connectivity index (χ0v) is 38.5. The Morgan fingerprint density at radius 1 is 0.642 bits per heavy atom. The lowest BCUT2D eigenvalue weighted by atomic mass is 9.97. The molecule has 10 atom stereocenters. The van der Waals surface area contributed by atoms with E-state index in [1.54, 1.807) is 0 Å². The third-order valence-corrected chi connectivity index (χ3v) is 11.2. The molecule has 0 spiro atoms. The molecule has 0 bridgehead atoms. The van der Waals surface area contributed by atoms with Gasteiger partial charge >= 0.3 is 5.97 Å². The van der Waals surface area contributed by atoms with E-state index in [0.29, 0.717) is 70.3 Å². The maximum absolute atomic E-state index is 12.9. The van der Waals surface area contributed by atoms with E-state index in [1.165, 1.54) is 4.90 Å².